The number of benzene rings is 2. The molecule has 17 heavy (non-hydrogen) atoms. The maximum atomic E-state index is 5.89. The maximum absolute atomic E-state index is 5.89. The van der Waals surface area contributed by atoms with Gasteiger partial charge in [0, 0.05) is 5.69 Å². The fourth-order valence-electron chi connectivity index (χ4n) is 1.69. The molecule has 2 aromatic carbocycles. The van der Waals surface area contributed by atoms with Gasteiger partial charge in [0.05, 0.1) is 5.69 Å². The Kier molecular flexibility index (Phi) is 2.91. The third kappa shape index (κ3) is 2.50. The van der Waals surface area contributed by atoms with Crippen LogP contribution in [0.1, 0.15) is 11.1 Å². The van der Waals surface area contributed by atoms with Gasteiger partial charge in [-0.1, -0.05) is 17.7 Å². The second-order valence-electron chi connectivity index (χ2n) is 4.17. The number of rotatable bonds is 2. The molecule has 0 bridgehead atoms. The molecule has 88 valence electrons. The van der Waals surface area contributed by atoms with Gasteiger partial charge in [-0.3, -0.25) is 0 Å². The van der Waals surface area contributed by atoms with Crippen LogP contribution in [-0.4, -0.2) is 0 Å². The summed E-state index contributed by atoms with van der Waals surface area (Å²) in [5.74, 6) is 1.44. The Labute approximate surface area is 101 Å². The normalized spacial score (nSPS) is 10.2. The highest BCUT2D eigenvalue weighted by molar-refractivity contribution is 5.65. The van der Waals surface area contributed by atoms with Gasteiger partial charge in [0.15, 0.2) is 5.75 Å². The molecule has 0 aromatic heterocycles. The van der Waals surface area contributed by atoms with Crippen molar-refractivity contribution in [2.24, 2.45) is 0 Å². The Hall–Kier alpha value is -2.16. The van der Waals surface area contributed by atoms with Crippen LogP contribution in [0, 0.1) is 13.8 Å². The van der Waals surface area contributed by atoms with Crippen molar-refractivity contribution in [3.63, 3.8) is 0 Å². The molecule has 3 nitrogen and oxygen atoms in total. The first-order valence-electron chi connectivity index (χ1n) is 5.46. The van der Waals surface area contributed by atoms with Crippen LogP contribution in [0.3, 0.4) is 0 Å². The van der Waals surface area contributed by atoms with Crippen molar-refractivity contribution in [2.45, 2.75) is 13.8 Å². The van der Waals surface area contributed by atoms with E-state index < -0.39 is 0 Å². The second kappa shape index (κ2) is 4.37. The Bertz CT molecular complexity index is 509. The fraction of sp³-hybridized carbons (Fsp3) is 0.143. The number of hydrogen-bond donors (Lipinski definition) is 2. The van der Waals surface area contributed by atoms with E-state index in [0.29, 0.717) is 17.1 Å². The van der Waals surface area contributed by atoms with Gasteiger partial charge in [0.25, 0.3) is 0 Å². The minimum Gasteiger partial charge on any atom is -0.455 e. The summed E-state index contributed by atoms with van der Waals surface area (Å²) in [6, 6.07) is 11.4. The van der Waals surface area contributed by atoms with Crippen LogP contribution < -0.4 is 16.2 Å². The lowest BCUT2D eigenvalue weighted by molar-refractivity contribution is 0.481. The molecular weight excluding hydrogens is 212 g/mol. The van der Waals surface area contributed by atoms with E-state index in [0.717, 1.165) is 11.3 Å². The number of nitrogen functional groups attached to an aromatic ring is 2. The number of nitrogens with two attached hydrogens (primary N) is 2. The molecule has 2 aromatic rings. The molecule has 0 aliphatic rings. The van der Waals surface area contributed by atoms with E-state index in [1.165, 1.54) is 5.56 Å². The SMILES string of the molecule is Cc1ccc(Oc2c(C)cc(N)cc2N)cc1. The highest BCUT2D eigenvalue weighted by atomic mass is 16.5. The monoisotopic (exact) mass is 228 g/mol. The molecule has 0 saturated carbocycles. The average molecular weight is 228 g/mol. The molecule has 4 N–H and O–H groups in total. The smallest absolute Gasteiger partial charge is 0.153 e. The van der Waals surface area contributed by atoms with Gasteiger partial charge in [0.1, 0.15) is 5.75 Å². The predicted molar refractivity (Wildman–Crippen MR) is 71.3 cm³/mol. The lowest BCUT2D eigenvalue weighted by Gasteiger charge is -2.12. The number of aryl methyl sites for hydroxylation is 2. The summed E-state index contributed by atoms with van der Waals surface area (Å²) >= 11 is 0. The highest BCUT2D eigenvalue weighted by Gasteiger charge is 2.07. The summed E-state index contributed by atoms with van der Waals surface area (Å²) in [4.78, 5) is 0. The Balaban J connectivity index is 2.33. The quantitative estimate of drug-likeness (QED) is 0.775. The predicted octanol–water partition coefficient (Wildman–Crippen LogP) is 3.26. The van der Waals surface area contributed by atoms with Crippen molar-refractivity contribution >= 4 is 11.4 Å². The van der Waals surface area contributed by atoms with Crippen molar-refractivity contribution in [3.8, 4) is 11.5 Å². The van der Waals surface area contributed by atoms with Crippen LogP contribution in [0.15, 0.2) is 36.4 Å². The van der Waals surface area contributed by atoms with Crippen LogP contribution in [-0.2, 0) is 0 Å². The number of ether oxygens (including phenoxy) is 1. The van der Waals surface area contributed by atoms with Crippen molar-refractivity contribution in [1.29, 1.82) is 0 Å². The summed E-state index contributed by atoms with van der Waals surface area (Å²) in [6.07, 6.45) is 0. The molecule has 0 atom stereocenters. The van der Waals surface area contributed by atoms with Crippen LogP contribution in [0.2, 0.25) is 0 Å². The fourth-order valence-corrected chi connectivity index (χ4v) is 1.69. The van der Waals surface area contributed by atoms with E-state index in [9.17, 15) is 0 Å². The van der Waals surface area contributed by atoms with E-state index in [1.54, 1.807) is 6.07 Å². The number of anilines is 2. The van der Waals surface area contributed by atoms with Gasteiger partial charge in [-0.15, -0.1) is 0 Å². The first-order chi connectivity index (χ1) is 8.06. The minimum absolute atomic E-state index is 0.558. The molecule has 0 aliphatic carbocycles. The standard InChI is InChI=1S/C14H16N2O/c1-9-3-5-12(6-4-9)17-14-10(2)7-11(15)8-13(14)16/h3-8H,15-16H2,1-2H3. The van der Waals surface area contributed by atoms with Gasteiger partial charge in [-0.2, -0.15) is 0 Å². The lowest BCUT2D eigenvalue weighted by Crippen LogP contribution is -1.97. The van der Waals surface area contributed by atoms with E-state index in [-0.39, 0.29) is 0 Å². The molecule has 2 rings (SSSR count). The summed E-state index contributed by atoms with van der Waals surface area (Å²) in [5.41, 5.74) is 14.9. The number of hydrogen-bond acceptors (Lipinski definition) is 3. The maximum Gasteiger partial charge on any atom is 0.153 e. The molecule has 0 aliphatic heterocycles. The first kappa shape index (κ1) is 11.3. The zero-order valence-corrected chi connectivity index (χ0v) is 10.0. The Morgan fingerprint density at radius 2 is 1.59 bits per heavy atom. The molecule has 0 radical (unpaired) electrons. The molecule has 0 unspecified atom stereocenters. The highest BCUT2D eigenvalue weighted by Crippen LogP contribution is 2.32. The van der Waals surface area contributed by atoms with Crippen molar-refractivity contribution in [3.05, 3.63) is 47.5 Å². The van der Waals surface area contributed by atoms with Gasteiger partial charge in [-0.25, -0.2) is 0 Å². The first-order valence-corrected chi connectivity index (χ1v) is 5.46. The van der Waals surface area contributed by atoms with Crippen LogP contribution in [0.5, 0.6) is 11.5 Å². The minimum atomic E-state index is 0.558. The van der Waals surface area contributed by atoms with Crippen molar-refractivity contribution in [2.75, 3.05) is 11.5 Å². The van der Waals surface area contributed by atoms with Gasteiger partial charge in [0.2, 0.25) is 0 Å². The molecule has 0 saturated heterocycles. The van der Waals surface area contributed by atoms with Crippen LogP contribution in [0.4, 0.5) is 11.4 Å². The summed E-state index contributed by atoms with van der Waals surface area (Å²) < 4.78 is 5.77. The summed E-state index contributed by atoms with van der Waals surface area (Å²) in [7, 11) is 0. The molecule has 0 heterocycles. The third-order valence-corrected chi connectivity index (χ3v) is 2.57. The van der Waals surface area contributed by atoms with Crippen molar-refractivity contribution < 1.29 is 4.74 Å². The van der Waals surface area contributed by atoms with E-state index in [2.05, 4.69) is 0 Å². The Morgan fingerprint density at radius 1 is 0.941 bits per heavy atom. The summed E-state index contributed by atoms with van der Waals surface area (Å²) in [6.45, 7) is 3.96. The van der Waals surface area contributed by atoms with Crippen molar-refractivity contribution in [1.82, 2.24) is 0 Å². The largest absolute Gasteiger partial charge is 0.455 e. The molecular formula is C14H16N2O. The van der Waals surface area contributed by atoms with Crippen LogP contribution in [0.25, 0.3) is 0 Å². The molecule has 0 amide bonds. The van der Waals surface area contributed by atoms with Gasteiger partial charge in [-0.05, 0) is 43.7 Å². The van der Waals surface area contributed by atoms with Crippen LogP contribution >= 0.6 is 0 Å². The summed E-state index contributed by atoms with van der Waals surface area (Å²) in [5, 5.41) is 0. The van der Waals surface area contributed by atoms with E-state index in [4.69, 9.17) is 16.2 Å². The zero-order chi connectivity index (χ0) is 12.4. The zero-order valence-electron chi connectivity index (χ0n) is 10.0. The topological polar surface area (TPSA) is 61.3 Å². The second-order valence-corrected chi connectivity index (χ2v) is 4.17. The molecule has 0 fully saturated rings. The third-order valence-electron chi connectivity index (χ3n) is 2.57. The lowest BCUT2D eigenvalue weighted by atomic mass is 10.1. The Morgan fingerprint density at radius 3 is 2.18 bits per heavy atom. The molecule has 0 spiro atoms. The van der Waals surface area contributed by atoms with Gasteiger partial charge < -0.3 is 16.2 Å². The van der Waals surface area contributed by atoms with Gasteiger partial charge >= 0.3 is 0 Å². The van der Waals surface area contributed by atoms with E-state index in [1.807, 2.05) is 44.2 Å². The van der Waals surface area contributed by atoms with E-state index >= 15 is 0 Å². The average Bonchev–Trinajstić information content (AvgIpc) is 2.26. The molecule has 3 heteroatoms.